The highest BCUT2D eigenvalue weighted by atomic mass is 35.5. The minimum atomic E-state index is 0. The first-order valence-corrected chi connectivity index (χ1v) is 6.41. The highest BCUT2D eigenvalue weighted by Crippen LogP contribution is 2.16. The van der Waals surface area contributed by atoms with Crippen LogP contribution in [0.15, 0.2) is 12.1 Å². The Morgan fingerprint density at radius 2 is 1.25 bits per heavy atom. The van der Waals surface area contributed by atoms with Crippen molar-refractivity contribution < 1.29 is 0 Å². The molecule has 0 aromatic heterocycles. The first-order chi connectivity index (χ1) is 8.40. The molecule has 8 heteroatoms. The highest BCUT2D eigenvalue weighted by molar-refractivity contribution is 7.96. The smallest absolute Gasteiger partial charge is 0.150 e. The molecule has 0 spiro atoms. The monoisotopic (exact) mass is 354 g/mol. The third-order valence-electron chi connectivity index (χ3n) is 2.69. The van der Waals surface area contributed by atoms with Crippen molar-refractivity contribution in [2.75, 3.05) is 0 Å². The predicted octanol–water partition coefficient (Wildman–Crippen LogP) is 3.06. The van der Waals surface area contributed by atoms with Crippen LogP contribution >= 0.6 is 50.1 Å². The number of halogens is 2. The summed E-state index contributed by atoms with van der Waals surface area (Å²) in [6.45, 7) is 5.26. The van der Waals surface area contributed by atoms with Crippen LogP contribution in [0.4, 0.5) is 0 Å². The van der Waals surface area contributed by atoms with E-state index in [4.69, 9.17) is 10.8 Å². The average Bonchev–Trinajstić information content (AvgIpc) is 2.26. The fourth-order valence-electron chi connectivity index (χ4n) is 1.69. The van der Waals surface area contributed by atoms with Gasteiger partial charge in [0.1, 0.15) is 0 Å². The largest absolute Gasteiger partial charge is 0.361 e. The van der Waals surface area contributed by atoms with Gasteiger partial charge in [-0.2, -0.15) is 0 Å². The van der Waals surface area contributed by atoms with Crippen molar-refractivity contribution in [3.8, 4) is 0 Å². The summed E-state index contributed by atoms with van der Waals surface area (Å²) < 4.78 is 0. The Bertz CT molecular complexity index is 442. The van der Waals surface area contributed by atoms with Gasteiger partial charge < -0.3 is 10.6 Å². The second-order valence-corrected chi connectivity index (χ2v) is 5.00. The van der Waals surface area contributed by atoms with Crippen molar-refractivity contribution in [2.24, 2.45) is 0 Å². The van der Waals surface area contributed by atoms with E-state index in [1.807, 2.05) is 13.8 Å². The van der Waals surface area contributed by atoms with Crippen LogP contribution in [0.25, 0.3) is 0 Å². The second-order valence-electron chi connectivity index (χ2n) is 4.11. The quantitative estimate of drug-likeness (QED) is 0.285. The maximum atomic E-state index is 7.25. The van der Waals surface area contributed by atoms with E-state index in [1.165, 1.54) is 11.1 Å². The summed E-state index contributed by atoms with van der Waals surface area (Å²) in [5.74, 6) is 0. The Morgan fingerprint density at radius 3 is 1.55 bits per heavy atom. The molecule has 4 N–H and O–H groups in total. The van der Waals surface area contributed by atoms with Crippen molar-refractivity contribution in [1.82, 2.24) is 10.6 Å². The van der Waals surface area contributed by atoms with Gasteiger partial charge in [-0.25, -0.2) is 0 Å². The third-order valence-corrected chi connectivity index (χ3v) is 3.00. The van der Waals surface area contributed by atoms with Crippen molar-refractivity contribution >= 4 is 60.4 Å². The SMILES string of the molecule is Cc1cc(C)c(CNC(=N)S)cc1CNC(=N)S.Cl.Cl. The van der Waals surface area contributed by atoms with Gasteiger partial charge in [-0.15, -0.1) is 50.1 Å². The van der Waals surface area contributed by atoms with E-state index in [1.54, 1.807) is 0 Å². The van der Waals surface area contributed by atoms with E-state index in [2.05, 4.69) is 48.0 Å². The summed E-state index contributed by atoms with van der Waals surface area (Å²) >= 11 is 7.80. The predicted molar refractivity (Wildman–Crippen MR) is 97.5 cm³/mol. The standard InChI is InChI=1S/C12H18N4S2.2ClH/c1-7-3-8(2)10(6-16-12(14)18)4-9(7)5-15-11(13)17;;/h3-4H,5-6H2,1-2H3,(H3,13,15,17)(H3,14,16,18);2*1H. The number of amidine groups is 2. The third kappa shape index (κ3) is 7.28. The van der Waals surface area contributed by atoms with Gasteiger partial charge in [0, 0.05) is 13.1 Å². The highest BCUT2D eigenvalue weighted by Gasteiger charge is 2.05. The molecular formula is C12H20Cl2N4S2. The molecule has 0 unspecified atom stereocenters. The first-order valence-electron chi connectivity index (χ1n) is 5.52. The molecule has 0 atom stereocenters. The van der Waals surface area contributed by atoms with Crippen LogP contribution in [0.5, 0.6) is 0 Å². The van der Waals surface area contributed by atoms with Crippen LogP contribution in [-0.2, 0) is 13.1 Å². The van der Waals surface area contributed by atoms with Gasteiger partial charge in [-0.1, -0.05) is 12.1 Å². The van der Waals surface area contributed by atoms with Gasteiger partial charge in [0.25, 0.3) is 0 Å². The van der Waals surface area contributed by atoms with Crippen LogP contribution in [0.3, 0.4) is 0 Å². The summed E-state index contributed by atoms with van der Waals surface area (Å²) in [6.07, 6.45) is 0. The molecule has 20 heavy (non-hydrogen) atoms. The number of nitrogens with one attached hydrogen (secondary N) is 4. The number of rotatable bonds is 4. The zero-order valence-corrected chi connectivity index (χ0v) is 14.7. The van der Waals surface area contributed by atoms with Crippen LogP contribution < -0.4 is 10.6 Å². The number of aryl methyl sites for hydroxylation is 2. The van der Waals surface area contributed by atoms with Gasteiger partial charge in [-0.3, -0.25) is 10.8 Å². The molecule has 4 nitrogen and oxygen atoms in total. The van der Waals surface area contributed by atoms with E-state index in [9.17, 15) is 0 Å². The Labute approximate surface area is 143 Å². The van der Waals surface area contributed by atoms with E-state index in [0.29, 0.717) is 13.1 Å². The molecule has 0 heterocycles. The van der Waals surface area contributed by atoms with E-state index in [-0.39, 0.29) is 35.1 Å². The van der Waals surface area contributed by atoms with E-state index in [0.717, 1.165) is 11.1 Å². The van der Waals surface area contributed by atoms with Crippen LogP contribution in [-0.4, -0.2) is 10.3 Å². The second kappa shape index (κ2) is 10.2. The Morgan fingerprint density at radius 1 is 0.900 bits per heavy atom. The summed E-state index contributed by atoms with van der Waals surface area (Å²) in [7, 11) is 0. The van der Waals surface area contributed by atoms with Gasteiger partial charge in [0.15, 0.2) is 10.3 Å². The molecule has 0 saturated carbocycles. The minimum Gasteiger partial charge on any atom is -0.361 e. The molecule has 0 aliphatic rings. The lowest BCUT2D eigenvalue weighted by atomic mass is 10.00. The molecule has 1 aromatic carbocycles. The van der Waals surface area contributed by atoms with Gasteiger partial charge >= 0.3 is 0 Å². The maximum absolute atomic E-state index is 7.25. The lowest BCUT2D eigenvalue weighted by molar-refractivity contribution is 0.879. The Kier molecular flexibility index (Phi) is 11.1. The molecule has 0 radical (unpaired) electrons. The zero-order valence-electron chi connectivity index (χ0n) is 11.3. The molecule has 0 saturated heterocycles. The Hall–Kier alpha value is -0.560. The summed E-state index contributed by atoms with van der Waals surface area (Å²) in [5, 5.41) is 20.6. The summed E-state index contributed by atoms with van der Waals surface area (Å²) in [5.41, 5.74) is 4.61. The molecule has 1 aromatic rings. The maximum Gasteiger partial charge on any atom is 0.150 e. The fraction of sp³-hybridized carbons (Fsp3) is 0.333. The molecule has 0 aliphatic carbocycles. The van der Waals surface area contributed by atoms with Crippen LogP contribution in [0, 0.1) is 24.7 Å². The first kappa shape index (κ1) is 21.7. The molecule has 0 aliphatic heterocycles. The average molecular weight is 355 g/mol. The van der Waals surface area contributed by atoms with Crippen molar-refractivity contribution in [3.05, 3.63) is 34.4 Å². The van der Waals surface area contributed by atoms with Gasteiger partial charge in [0.05, 0.1) is 0 Å². The van der Waals surface area contributed by atoms with Crippen molar-refractivity contribution in [1.29, 1.82) is 10.8 Å². The van der Waals surface area contributed by atoms with Crippen LogP contribution in [0.1, 0.15) is 22.3 Å². The Balaban J connectivity index is 0. The number of thiol groups is 2. The summed E-state index contributed by atoms with van der Waals surface area (Å²) in [6, 6.07) is 4.19. The topological polar surface area (TPSA) is 71.8 Å². The van der Waals surface area contributed by atoms with E-state index < -0.39 is 0 Å². The fourth-order valence-corrected chi connectivity index (χ4v) is 1.85. The van der Waals surface area contributed by atoms with Crippen LogP contribution in [0.2, 0.25) is 0 Å². The number of benzene rings is 1. The molecule has 114 valence electrons. The number of hydrogen-bond acceptors (Lipinski definition) is 2. The van der Waals surface area contributed by atoms with Gasteiger partial charge in [0.2, 0.25) is 0 Å². The lowest BCUT2D eigenvalue weighted by Crippen LogP contribution is -2.19. The minimum absolute atomic E-state index is 0. The molecular weight excluding hydrogens is 335 g/mol. The van der Waals surface area contributed by atoms with Crippen molar-refractivity contribution in [3.63, 3.8) is 0 Å². The lowest BCUT2D eigenvalue weighted by Gasteiger charge is -2.13. The zero-order chi connectivity index (χ0) is 13.7. The normalized spacial score (nSPS) is 9.00. The molecule has 0 fully saturated rings. The number of hydrogen-bond donors (Lipinski definition) is 6. The molecule has 0 bridgehead atoms. The van der Waals surface area contributed by atoms with E-state index >= 15 is 0 Å². The summed E-state index contributed by atoms with van der Waals surface area (Å²) in [4.78, 5) is 0. The van der Waals surface area contributed by atoms with Crippen molar-refractivity contribution in [2.45, 2.75) is 26.9 Å². The molecule has 1 rings (SSSR count). The molecule has 0 amide bonds. The van der Waals surface area contributed by atoms with Gasteiger partial charge in [-0.05, 0) is 36.1 Å².